The van der Waals surface area contributed by atoms with Gasteiger partial charge in [-0.2, -0.15) is 0 Å². The number of tetrazole rings is 1. The Labute approximate surface area is 147 Å². The van der Waals surface area contributed by atoms with Crippen molar-refractivity contribution in [3.63, 3.8) is 0 Å². The van der Waals surface area contributed by atoms with E-state index < -0.39 is 0 Å². The Bertz CT molecular complexity index is 844. The van der Waals surface area contributed by atoms with Gasteiger partial charge in [0.1, 0.15) is 0 Å². The van der Waals surface area contributed by atoms with Gasteiger partial charge in [-0.15, -0.1) is 5.10 Å². The van der Waals surface area contributed by atoms with Crippen LogP contribution in [0.15, 0.2) is 54.6 Å². The maximum atomic E-state index is 12.9. The standard InChI is InChI=1S/C19H21N5O/c1-3-23(14-15-9-6-5-7-10-15)19(25)17-12-8-11-16(13-17)18-20-21-22-24(18)4-2/h5-13H,3-4,14H2,1-2H3. The summed E-state index contributed by atoms with van der Waals surface area (Å²) < 4.78 is 1.71. The van der Waals surface area contributed by atoms with E-state index in [1.807, 2.05) is 73.3 Å². The van der Waals surface area contributed by atoms with Gasteiger partial charge < -0.3 is 4.90 Å². The molecule has 0 aliphatic heterocycles. The fourth-order valence-electron chi connectivity index (χ4n) is 2.73. The Morgan fingerprint density at radius 2 is 1.88 bits per heavy atom. The summed E-state index contributed by atoms with van der Waals surface area (Å²) in [5, 5.41) is 11.7. The topological polar surface area (TPSA) is 63.9 Å². The van der Waals surface area contributed by atoms with Crippen molar-refractivity contribution in [1.29, 1.82) is 0 Å². The molecule has 3 aromatic rings. The number of amides is 1. The summed E-state index contributed by atoms with van der Waals surface area (Å²) in [6.45, 7) is 5.88. The summed E-state index contributed by atoms with van der Waals surface area (Å²) in [7, 11) is 0. The van der Waals surface area contributed by atoms with E-state index >= 15 is 0 Å². The molecule has 0 spiro atoms. The molecule has 0 radical (unpaired) electrons. The largest absolute Gasteiger partial charge is 0.335 e. The van der Waals surface area contributed by atoms with Crippen LogP contribution in [0.3, 0.4) is 0 Å². The van der Waals surface area contributed by atoms with E-state index in [0.717, 1.165) is 11.1 Å². The van der Waals surface area contributed by atoms with Crippen LogP contribution in [0.5, 0.6) is 0 Å². The number of carbonyl (C=O) groups excluding carboxylic acids is 1. The van der Waals surface area contributed by atoms with Crippen LogP contribution in [0.4, 0.5) is 0 Å². The van der Waals surface area contributed by atoms with Gasteiger partial charge in [-0.25, -0.2) is 4.68 Å². The zero-order valence-electron chi connectivity index (χ0n) is 14.5. The SMILES string of the molecule is CCN(Cc1ccccc1)C(=O)c1cccc(-c2nnnn2CC)c1. The molecule has 0 saturated carbocycles. The second kappa shape index (κ2) is 7.70. The van der Waals surface area contributed by atoms with Crippen molar-refractivity contribution < 1.29 is 4.79 Å². The molecule has 6 nitrogen and oxygen atoms in total. The zero-order chi connectivity index (χ0) is 17.6. The van der Waals surface area contributed by atoms with Crippen molar-refractivity contribution in [3.05, 3.63) is 65.7 Å². The van der Waals surface area contributed by atoms with Gasteiger partial charge in [0.05, 0.1) is 0 Å². The van der Waals surface area contributed by atoms with Gasteiger partial charge in [-0.1, -0.05) is 42.5 Å². The predicted molar refractivity (Wildman–Crippen MR) is 95.8 cm³/mol. The molecule has 6 heteroatoms. The molecule has 25 heavy (non-hydrogen) atoms. The molecule has 0 N–H and O–H groups in total. The van der Waals surface area contributed by atoms with Crippen LogP contribution >= 0.6 is 0 Å². The second-order valence-corrected chi connectivity index (χ2v) is 5.70. The van der Waals surface area contributed by atoms with Crippen LogP contribution in [0.2, 0.25) is 0 Å². The number of aryl methyl sites for hydroxylation is 1. The maximum absolute atomic E-state index is 12.9. The van der Waals surface area contributed by atoms with Crippen LogP contribution in [-0.4, -0.2) is 37.6 Å². The lowest BCUT2D eigenvalue weighted by atomic mass is 10.1. The van der Waals surface area contributed by atoms with Crippen LogP contribution in [0.1, 0.15) is 29.8 Å². The first-order valence-electron chi connectivity index (χ1n) is 8.42. The third kappa shape index (κ3) is 3.74. The molecule has 0 atom stereocenters. The highest BCUT2D eigenvalue weighted by Crippen LogP contribution is 2.19. The Balaban J connectivity index is 1.85. The number of aromatic nitrogens is 4. The van der Waals surface area contributed by atoms with Crippen LogP contribution in [0, 0.1) is 0 Å². The van der Waals surface area contributed by atoms with Gasteiger partial charge in [0.2, 0.25) is 0 Å². The first-order chi connectivity index (χ1) is 12.2. The van der Waals surface area contributed by atoms with Crippen molar-refractivity contribution in [3.8, 4) is 11.4 Å². The van der Waals surface area contributed by atoms with E-state index in [0.29, 0.717) is 31.0 Å². The summed E-state index contributed by atoms with van der Waals surface area (Å²) in [4.78, 5) is 14.8. The number of carbonyl (C=O) groups is 1. The highest BCUT2D eigenvalue weighted by atomic mass is 16.2. The Kier molecular flexibility index (Phi) is 5.18. The van der Waals surface area contributed by atoms with E-state index in [4.69, 9.17) is 0 Å². The minimum absolute atomic E-state index is 0.00345. The number of hydrogen-bond donors (Lipinski definition) is 0. The molecule has 1 aromatic heterocycles. The second-order valence-electron chi connectivity index (χ2n) is 5.70. The van der Waals surface area contributed by atoms with Gasteiger partial charge in [-0.3, -0.25) is 4.79 Å². The van der Waals surface area contributed by atoms with Crippen molar-refractivity contribution >= 4 is 5.91 Å². The van der Waals surface area contributed by atoms with Crippen molar-refractivity contribution in [2.75, 3.05) is 6.54 Å². The normalized spacial score (nSPS) is 10.6. The molecular formula is C19H21N5O. The van der Waals surface area contributed by atoms with E-state index in [1.165, 1.54) is 0 Å². The third-order valence-electron chi connectivity index (χ3n) is 4.08. The highest BCUT2D eigenvalue weighted by Gasteiger charge is 2.16. The number of nitrogens with zero attached hydrogens (tertiary/aromatic N) is 5. The fraction of sp³-hybridized carbons (Fsp3) is 0.263. The van der Waals surface area contributed by atoms with Gasteiger partial charge in [0.15, 0.2) is 5.82 Å². The van der Waals surface area contributed by atoms with E-state index in [1.54, 1.807) is 4.68 Å². The minimum Gasteiger partial charge on any atom is -0.335 e. The quantitative estimate of drug-likeness (QED) is 0.694. The number of rotatable bonds is 6. The highest BCUT2D eigenvalue weighted by molar-refractivity contribution is 5.95. The molecule has 128 valence electrons. The number of hydrogen-bond acceptors (Lipinski definition) is 4. The summed E-state index contributed by atoms with van der Waals surface area (Å²) in [6.07, 6.45) is 0. The lowest BCUT2D eigenvalue weighted by Crippen LogP contribution is -2.30. The molecule has 0 aliphatic rings. The third-order valence-corrected chi connectivity index (χ3v) is 4.08. The molecule has 0 fully saturated rings. The Morgan fingerprint density at radius 1 is 1.08 bits per heavy atom. The van der Waals surface area contributed by atoms with Gasteiger partial charge in [0, 0.05) is 30.8 Å². The lowest BCUT2D eigenvalue weighted by Gasteiger charge is -2.21. The number of benzene rings is 2. The molecule has 2 aromatic carbocycles. The smallest absolute Gasteiger partial charge is 0.254 e. The minimum atomic E-state index is 0.00345. The van der Waals surface area contributed by atoms with E-state index in [9.17, 15) is 4.79 Å². The van der Waals surface area contributed by atoms with Crippen LogP contribution in [-0.2, 0) is 13.1 Å². The maximum Gasteiger partial charge on any atom is 0.254 e. The van der Waals surface area contributed by atoms with Crippen molar-refractivity contribution in [2.45, 2.75) is 26.9 Å². The molecular weight excluding hydrogens is 314 g/mol. The summed E-state index contributed by atoms with van der Waals surface area (Å²) >= 11 is 0. The zero-order valence-corrected chi connectivity index (χ0v) is 14.5. The first-order valence-corrected chi connectivity index (χ1v) is 8.42. The fourth-order valence-corrected chi connectivity index (χ4v) is 2.73. The first kappa shape index (κ1) is 16.8. The van der Waals surface area contributed by atoms with Gasteiger partial charge in [-0.05, 0) is 42.0 Å². The average Bonchev–Trinajstić information content (AvgIpc) is 3.15. The molecule has 3 rings (SSSR count). The molecule has 0 aliphatic carbocycles. The van der Waals surface area contributed by atoms with Crippen LogP contribution in [0.25, 0.3) is 11.4 Å². The molecule has 0 saturated heterocycles. The average molecular weight is 335 g/mol. The van der Waals surface area contributed by atoms with Crippen molar-refractivity contribution in [1.82, 2.24) is 25.1 Å². The van der Waals surface area contributed by atoms with Crippen molar-refractivity contribution in [2.24, 2.45) is 0 Å². The lowest BCUT2D eigenvalue weighted by molar-refractivity contribution is 0.0752. The molecule has 1 heterocycles. The molecule has 0 bridgehead atoms. The predicted octanol–water partition coefficient (Wildman–Crippen LogP) is 3.02. The van der Waals surface area contributed by atoms with E-state index in [-0.39, 0.29) is 5.91 Å². The van der Waals surface area contributed by atoms with Gasteiger partial charge >= 0.3 is 0 Å². The summed E-state index contributed by atoms with van der Waals surface area (Å²) in [5.41, 5.74) is 2.60. The Morgan fingerprint density at radius 3 is 2.60 bits per heavy atom. The monoisotopic (exact) mass is 335 g/mol. The molecule has 1 amide bonds. The Hall–Kier alpha value is -3.02. The van der Waals surface area contributed by atoms with Gasteiger partial charge in [0.25, 0.3) is 5.91 Å². The summed E-state index contributed by atoms with van der Waals surface area (Å²) in [6, 6.07) is 17.5. The van der Waals surface area contributed by atoms with Crippen LogP contribution < -0.4 is 0 Å². The molecule has 0 unspecified atom stereocenters. The van der Waals surface area contributed by atoms with E-state index in [2.05, 4.69) is 15.5 Å². The summed E-state index contributed by atoms with van der Waals surface area (Å²) in [5.74, 6) is 0.673.